The summed E-state index contributed by atoms with van der Waals surface area (Å²) in [6, 6.07) is 4.86. The van der Waals surface area contributed by atoms with Crippen LogP contribution in [0.2, 0.25) is 0 Å². The minimum Gasteiger partial charge on any atom is -0.504 e. The Bertz CT molecular complexity index is 1830. The number of fused-ring (bicyclic) bond motifs is 12. The van der Waals surface area contributed by atoms with Gasteiger partial charge in [0.15, 0.2) is 6.23 Å². The Morgan fingerprint density at radius 2 is 1.96 bits per heavy atom. The van der Waals surface area contributed by atoms with E-state index in [1.807, 2.05) is 25.1 Å². The maximum Gasteiger partial charge on any atom is 0.351 e. The first-order chi connectivity index (χ1) is 24.2. The van der Waals surface area contributed by atoms with Gasteiger partial charge in [0.25, 0.3) is 5.91 Å². The molecule has 8 rings (SSSR count). The van der Waals surface area contributed by atoms with E-state index in [9.17, 15) is 19.2 Å². The van der Waals surface area contributed by atoms with Crippen molar-refractivity contribution in [1.82, 2.24) is 19.8 Å². The van der Waals surface area contributed by atoms with Crippen molar-refractivity contribution in [3.63, 3.8) is 0 Å². The van der Waals surface area contributed by atoms with E-state index in [0.717, 1.165) is 47.6 Å². The molecule has 1 N–H and O–H groups in total. The molecule has 6 aliphatic rings. The van der Waals surface area contributed by atoms with Crippen LogP contribution in [0.1, 0.15) is 50.4 Å². The predicted molar refractivity (Wildman–Crippen MR) is 178 cm³/mol. The number of allylic oxidation sites excluding steroid dienone is 2. The van der Waals surface area contributed by atoms with Gasteiger partial charge < -0.3 is 29.1 Å². The molecule has 4 aliphatic heterocycles. The van der Waals surface area contributed by atoms with Crippen molar-refractivity contribution < 1.29 is 43.0 Å². The van der Waals surface area contributed by atoms with Gasteiger partial charge in [0.2, 0.25) is 0 Å². The largest absolute Gasteiger partial charge is 0.504 e. The molecule has 2 unspecified atom stereocenters. The summed E-state index contributed by atoms with van der Waals surface area (Å²) < 4.78 is 23.8. The van der Waals surface area contributed by atoms with Gasteiger partial charge in [0.05, 0.1) is 50.1 Å². The average Bonchev–Trinajstić information content (AvgIpc) is 3.47. The van der Waals surface area contributed by atoms with E-state index >= 15 is 0 Å². The molecule has 2 bridgehead atoms. The van der Waals surface area contributed by atoms with Crippen LogP contribution in [0, 0.1) is 35.0 Å². The van der Waals surface area contributed by atoms with Crippen LogP contribution < -0.4 is 10.1 Å². The standard InChI is InChI=1S/C37H44N4O9/c1-6-19-17-39-13-12-22-29-25(8-7-9-27(29)47-4)40(31(22)26(39)15-23(19)24(18-46-3)34(43)48-5)36(45)38-16-28(42)50-41-33-32(49-33)30-20-10-11-21(14-20)37(30,2)35(41)44/h7-11,18-21,23,26,30,32-33H,6,12-17H2,1-5H3,(H,38,45)/b24-18+/t19-,20+,21-,23+,26+,30-,32?,33?,37-/m1/s1. The second-order valence-corrected chi connectivity index (χ2v) is 14.6. The van der Waals surface area contributed by atoms with Gasteiger partial charge >= 0.3 is 18.0 Å². The van der Waals surface area contributed by atoms with E-state index in [2.05, 4.69) is 29.3 Å². The van der Waals surface area contributed by atoms with Crippen molar-refractivity contribution in [2.24, 2.45) is 35.0 Å². The van der Waals surface area contributed by atoms with Crippen LogP contribution in [0.3, 0.4) is 0 Å². The van der Waals surface area contributed by atoms with Crippen LogP contribution in [-0.4, -0.2) is 91.7 Å². The summed E-state index contributed by atoms with van der Waals surface area (Å²) in [6.45, 7) is 5.11. The number of piperidine rings is 2. The summed E-state index contributed by atoms with van der Waals surface area (Å²) in [5.41, 5.74) is 2.23. The lowest BCUT2D eigenvalue weighted by atomic mass is 9.66. The van der Waals surface area contributed by atoms with Gasteiger partial charge in [0.1, 0.15) is 18.4 Å². The zero-order valence-corrected chi connectivity index (χ0v) is 29.0. The predicted octanol–water partition coefficient (Wildman–Crippen LogP) is 3.71. The second-order valence-electron chi connectivity index (χ2n) is 14.6. The highest BCUT2D eigenvalue weighted by Gasteiger charge is 2.72. The van der Waals surface area contributed by atoms with Gasteiger partial charge in [0, 0.05) is 30.1 Å². The molecule has 0 spiro atoms. The summed E-state index contributed by atoms with van der Waals surface area (Å²) in [6.07, 6.45) is 8.00. The van der Waals surface area contributed by atoms with Crippen LogP contribution in [0.5, 0.6) is 5.75 Å². The molecular weight excluding hydrogens is 644 g/mol. The van der Waals surface area contributed by atoms with Crippen molar-refractivity contribution in [3.8, 4) is 5.75 Å². The topological polar surface area (TPSA) is 141 Å². The molecule has 0 radical (unpaired) electrons. The molecule has 13 heteroatoms. The molecule has 50 heavy (non-hydrogen) atoms. The molecule has 9 atom stereocenters. The Morgan fingerprint density at radius 3 is 2.70 bits per heavy atom. The summed E-state index contributed by atoms with van der Waals surface area (Å²) >= 11 is 0. The van der Waals surface area contributed by atoms with Crippen molar-refractivity contribution in [1.29, 1.82) is 0 Å². The van der Waals surface area contributed by atoms with Crippen LogP contribution in [0.25, 0.3) is 10.9 Å². The maximum atomic E-state index is 14.2. The van der Waals surface area contributed by atoms with E-state index < -0.39 is 36.2 Å². The number of ether oxygens (including phenoxy) is 4. The molecule has 2 aliphatic carbocycles. The highest BCUT2D eigenvalue weighted by molar-refractivity contribution is 6.00. The summed E-state index contributed by atoms with van der Waals surface area (Å²) in [7, 11) is 4.49. The van der Waals surface area contributed by atoms with Crippen molar-refractivity contribution >= 4 is 34.8 Å². The lowest BCUT2D eigenvalue weighted by Crippen LogP contribution is -2.56. The minimum absolute atomic E-state index is 0.0788. The molecule has 1 aromatic carbocycles. The van der Waals surface area contributed by atoms with E-state index in [1.165, 1.54) is 20.5 Å². The van der Waals surface area contributed by atoms with Gasteiger partial charge in [-0.05, 0) is 67.6 Å². The quantitative estimate of drug-likeness (QED) is 0.144. The van der Waals surface area contributed by atoms with E-state index in [-0.39, 0.29) is 41.7 Å². The monoisotopic (exact) mass is 688 g/mol. The number of hydroxylamine groups is 2. The van der Waals surface area contributed by atoms with Crippen LogP contribution in [0.15, 0.2) is 42.2 Å². The molecule has 1 saturated carbocycles. The van der Waals surface area contributed by atoms with Crippen LogP contribution >= 0.6 is 0 Å². The summed E-state index contributed by atoms with van der Waals surface area (Å²) in [4.78, 5) is 62.2. The number of methoxy groups -OCH3 is 3. The zero-order valence-electron chi connectivity index (χ0n) is 29.0. The lowest BCUT2D eigenvalue weighted by Gasteiger charge is -2.47. The number of benzene rings is 1. The molecule has 13 nitrogen and oxygen atoms in total. The molecule has 2 aromatic rings. The Labute approximate surface area is 290 Å². The van der Waals surface area contributed by atoms with E-state index in [4.69, 9.17) is 23.8 Å². The third kappa shape index (κ3) is 4.72. The van der Waals surface area contributed by atoms with Gasteiger partial charge in [-0.3, -0.25) is 14.3 Å². The third-order valence-electron chi connectivity index (χ3n) is 12.4. The first-order valence-electron chi connectivity index (χ1n) is 17.6. The fraction of sp³-hybridized carbons (Fsp3) is 0.568. The Kier molecular flexibility index (Phi) is 7.98. The molecule has 2 amide bonds. The van der Waals surface area contributed by atoms with Gasteiger partial charge in [-0.25, -0.2) is 14.4 Å². The van der Waals surface area contributed by atoms with Gasteiger partial charge in [-0.1, -0.05) is 31.6 Å². The number of carbonyl (C=O) groups is 4. The highest BCUT2D eigenvalue weighted by Crippen LogP contribution is 2.64. The zero-order chi connectivity index (χ0) is 35.1. The third-order valence-corrected chi connectivity index (χ3v) is 12.4. The highest BCUT2D eigenvalue weighted by atomic mass is 16.8. The minimum atomic E-state index is -0.762. The number of hydrogen-bond donors (Lipinski definition) is 1. The van der Waals surface area contributed by atoms with Crippen molar-refractivity contribution in [2.75, 3.05) is 41.0 Å². The molecule has 5 heterocycles. The maximum absolute atomic E-state index is 14.2. The number of epoxide rings is 1. The number of esters is 1. The number of nitrogens with one attached hydrogen (secondary N) is 1. The van der Waals surface area contributed by atoms with Crippen LogP contribution in [-0.2, 0) is 39.9 Å². The molecule has 1 aromatic heterocycles. The Morgan fingerprint density at radius 1 is 1.14 bits per heavy atom. The smallest absolute Gasteiger partial charge is 0.351 e. The second kappa shape index (κ2) is 12.2. The molecule has 3 saturated heterocycles. The average molecular weight is 689 g/mol. The number of amides is 2. The lowest BCUT2D eigenvalue weighted by molar-refractivity contribution is -0.217. The summed E-state index contributed by atoms with van der Waals surface area (Å²) in [5.74, 6) is -0.335. The van der Waals surface area contributed by atoms with Crippen molar-refractivity contribution in [3.05, 3.63) is 53.4 Å². The van der Waals surface area contributed by atoms with Gasteiger partial charge in [-0.2, -0.15) is 0 Å². The number of aromatic nitrogens is 1. The van der Waals surface area contributed by atoms with E-state index in [1.54, 1.807) is 11.7 Å². The molecular formula is C37H44N4O9. The Hall–Kier alpha value is -4.36. The SMILES string of the molecule is CC[C@@H]1CN2CCc3c(n(C(=O)NCC(=O)ON4C(=O)[C@]5(C)[C@@H]6C=C[C@@H](C6)[C@@H]5C5OC54)c4cccc(OC)c34)[C@@H]2C[C@@H]1/C(=C\OC)C(=O)OC. The molecule has 266 valence electrons. The fourth-order valence-corrected chi connectivity index (χ4v) is 10.0. The first kappa shape index (κ1) is 32.8. The summed E-state index contributed by atoms with van der Waals surface area (Å²) in [5, 5.41) is 4.71. The Balaban J connectivity index is 1.07. The van der Waals surface area contributed by atoms with Crippen molar-refractivity contribution in [2.45, 2.75) is 57.9 Å². The number of carbonyl (C=O) groups excluding carboxylic acids is 4. The molecule has 4 fully saturated rings. The number of nitrogens with zero attached hydrogens (tertiary/aromatic N) is 3. The fourth-order valence-electron chi connectivity index (χ4n) is 10.0. The van der Waals surface area contributed by atoms with E-state index in [0.29, 0.717) is 35.6 Å². The number of rotatable bonds is 8. The van der Waals surface area contributed by atoms with Crippen LogP contribution in [0.4, 0.5) is 4.79 Å². The normalized spacial score (nSPS) is 33.7. The van der Waals surface area contributed by atoms with Gasteiger partial charge in [-0.15, -0.1) is 5.06 Å². The number of hydrogen-bond acceptors (Lipinski definition) is 10. The first-order valence-corrected chi connectivity index (χ1v) is 17.6.